The van der Waals surface area contributed by atoms with E-state index in [1.807, 2.05) is 13.8 Å². The zero-order chi connectivity index (χ0) is 13.8. The van der Waals surface area contributed by atoms with Crippen molar-refractivity contribution in [2.24, 2.45) is 0 Å². The summed E-state index contributed by atoms with van der Waals surface area (Å²) in [4.78, 5) is 0. The van der Waals surface area contributed by atoms with Crippen molar-refractivity contribution in [2.45, 2.75) is 51.4 Å². The molecule has 0 amide bonds. The highest BCUT2D eigenvalue weighted by Gasteiger charge is 2.29. The van der Waals surface area contributed by atoms with E-state index in [4.69, 9.17) is 4.74 Å². The van der Waals surface area contributed by atoms with Gasteiger partial charge in [0, 0.05) is 6.04 Å². The standard InChI is InChI=1S/C15H21F2NO/c1-3-18-13(14-8-7-10(2)19-14)9-11-5-4-6-12(16)15(11)17/h4-6,10,13-14,18H,3,7-9H2,1-2H3. The molecule has 1 aliphatic rings. The van der Waals surface area contributed by atoms with E-state index in [1.165, 1.54) is 0 Å². The van der Waals surface area contributed by atoms with Crippen LogP contribution in [0.15, 0.2) is 18.2 Å². The summed E-state index contributed by atoms with van der Waals surface area (Å²) in [7, 11) is 0. The Morgan fingerprint density at radius 3 is 2.79 bits per heavy atom. The van der Waals surface area contributed by atoms with Crippen molar-refractivity contribution >= 4 is 0 Å². The van der Waals surface area contributed by atoms with Crippen LogP contribution >= 0.6 is 0 Å². The maximum absolute atomic E-state index is 13.7. The maximum atomic E-state index is 13.7. The number of halogens is 2. The van der Waals surface area contributed by atoms with Crippen molar-refractivity contribution < 1.29 is 13.5 Å². The van der Waals surface area contributed by atoms with Crippen LogP contribution in [-0.2, 0) is 11.2 Å². The molecule has 2 rings (SSSR count). The molecule has 0 spiro atoms. The zero-order valence-corrected chi connectivity index (χ0v) is 11.5. The van der Waals surface area contributed by atoms with Crippen molar-refractivity contribution in [3.8, 4) is 0 Å². The summed E-state index contributed by atoms with van der Waals surface area (Å²) in [6, 6.07) is 4.37. The van der Waals surface area contributed by atoms with E-state index < -0.39 is 11.6 Å². The first-order valence-electron chi connectivity index (χ1n) is 6.93. The molecule has 1 N–H and O–H groups in total. The minimum atomic E-state index is -0.784. The molecule has 0 bridgehead atoms. The summed E-state index contributed by atoms with van der Waals surface area (Å²) in [5.74, 6) is -1.52. The molecule has 106 valence electrons. The highest BCUT2D eigenvalue weighted by Crippen LogP contribution is 2.24. The van der Waals surface area contributed by atoms with Gasteiger partial charge in [0.2, 0.25) is 0 Å². The molecule has 3 atom stereocenters. The molecule has 0 aliphatic carbocycles. The van der Waals surface area contributed by atoms with Gasteiger partial charge in [-0.15, -0.1) is 0 Å². The number of hydrogen-bond donors (Lipinski definition) is 1. The van der Waals surface area contributed by atoms with Gasteiger partial charge >= 0.3 is 0 Å². The van der Waals surface area contributed by atoms with Gasteiger partial charge in [-0.3, -0.25) is 0 Å². The number of likely N-dealkylation sites (N-methyl/N-ethyl adjacent to an activating group) is 1. The average molecular weight is 269 g/mol. The van der Waals surface area contributed by atoms with Gasteiger partial charge in [-0.1, -0.05) is 19.1 Å². The van der Waals surface area contributed by atoms with Crippen LogP contribution in [-0.4, -0.2) is 24.8 Å². The van der Waals surface area contributed by atoms with Crippen LogP contribution in [0.2, 0.25) is 0 Å². The molecular formula is C15H21F2NO. The topological polar surface area (TPSA) is 21.3 Å². The Bertz CT molecular complexity index is 425. The third kappa shape index (κ3) is 3.51. The predicted molar refractivity (Wildman–Crippen MR) is 71.1 cm³/mol. The minimum absolute atomic E-state index is 0.0336. The number of rotatable bonds is 5. The van der Waals surface area contributed by atoms with Crippen LogP contribution in [0.4, 0.5) is 8.78 Å². The van der Waals surface area contributed by atoms with Gasteiger partial charge in [-0.25, -0.2) is 8.78 Å². The monoisotopic (exact) mass is 269 g/mol. The summed E-state index contributed by atoms with van der Waals surface area (Å²) in [5.41, 5.74) is 0.411. The molecule has 1 saturated heterocycles. The fourth-order valence-electron chi connectivity index (χ4n) is 2.67. The summed E-state index contributed by atoms with van der Waals surface area (Å²) in [6.45, 7) is 4.84. The van der Waals surface area contributed by atoms with E-state index in [2.05, 4.69) is 5.32 Å². The normalized spacial score (nSPS) is 24.6. The lowest BCUT2D eigenvalue weighted by atomic mass is 9.98. The number of hydrogen-bond acceptors (Lipinski definition) is 2. The Hall–Kier alpha value is -1.00. The Morgan fingerprint density at radius 2 is 2.16 bits per heavy atom. The fourth-order valence-corrected chi connectivity index (χ4v) is 2.67. The minimum Gasteiger partial charge on any atom is -0.374 e. The smallest absolute Gasteiger partial charge is 0.162 e. The van der Waals surface area contributed by atoms with E-state index in [9.17, 15) is 8.78 Å². The van der Waals surface area contributed by atoms with E-state index in [-0.39, 0.29) is 18.2 Å². The summed E-state index contributed by atoms with van der Waals surface area (Å²) in [5, 5.41) is 3.33. The van der Waals surface area contributed by atoms with Gasteiger partial charge in [-0.2, -0.15) is 0 Å². The molecule has 1 heterocycles. The molecule has 0 saturated carbocycles. The first kappa shape index (κ1) is 14.4. The summed E-state index contributed by atoms with van der Waals surface area (Å²) < 4.78 is 32.8. The van der Waals surface area contributed by atoms with Gasteiger partial charge in [0.25, 0.3) is 0 Å². The van der Waals surface area contributed by atoms with Crippen LogP contribution in [0, 0.1) is 11.6 Å². The highest BCUT2D eigenvalue weighted by molar-refractivity contribution is 5.20. The second kappa shape index (κ2) is 6.44. The molecule has 1 aromatic carbocycles. The lowest BCUT2D eigenvalue weighted by molar-refractivity contribution is 0.0322. The molecule has 0 aromatic heterocycles. The zero-order valence-electron chi connectivity index (χ0n) is 11.5. The lowest BCUT2D eigenvalue weighted by Gasteiger charge is -2.24. The van der Waals surface area contributed by atoms with Gasteiger partial charge in [0.1, 0.15) is 0 Å². The van der Waals surface area contributed by atoms with Crippen LogP contribution in [0.1, 0.15) is 32.3 Å². The molecule has 1 aliphatic heterocycles. The van der Waals surface area contributed by atoms with Crippen molar-refractivity contribution in [3.63, 3.8) is 0 Å². The van der Waals surface area contributed by atoms with Gasteiger partial charge in [-0.05, 0) is 44.4 Å². The second-order valence-corrected chi connectivity index (χ2v) is 5.14. The quantitative estimate of drug-likeness (QED) is 0.887. The van der Waals surface area contributed by atoms with E-state index >= 15 is 0 Å². The van der Waals surface area contributed by atoms with Crippen LogP contribution in [0.5, 0.6) is 0 Å². The third-order valence-corrected chi connectivity index (χ3v) is 3.65. The molecule has 2 nitrogen and oxygen atoms in total. The first-order chi connectivity index (χ1) is 9.11. The van der Waals surface area contributed by atoms with Crippen LogP contribution < -0.4 is 5.32 Å². The number of ether oxygens (including phenoxy) is 1. The molecule has 0 radical (unpaired) electrons. The van der Waals surface area contributed by atoms with Crippen LogP contribution in [0.25, 0.3) is 0 Å². The van der Waals surface area contributed by atoms with E-state index in [1.54, 1.807) is 12.1 Å². The molecule has 3 unspecified atom stereocenters. The molecule has 4 heteroatoms. The van der Waals surface area contributed by atoms with Gasteiger partial charge < -0.3 is 10.1 Å². The predicted octanol–water partition coefficient (Wildman–Crippen LogP) is 3.05. The van der Waals surface area contributed by atoms with Crippen molar-refractivity contribution in [3.05, 3.63) is 35.4 Å². The van der Waals surface area contributed by atoms with Crippen molar-refractivity contribution in [1.29, 1.82) is 0 Å². The SMILES string of the molecule is CCNC(Cc1cccc(F)c1F)C1CCC(C)O1. The number of benzene rings is 1. The summed E-state index contributed by atoms with van der Waals surface area (Å²) >= 11 is 0. The maximum Gasteiger partial charge on any atom is 0.162 e. The molecule has 19 heavy (non-hydrogen) atoms. The molecular weight excluding hydrogens is 248 g/mol. The summed E-state index contributed by atoms with van der Waals surface area (Å²) in [6.07, 6.45) is 2.78. The lowest BCUT2D eigenvalue weighted by Crippen LogP contribution is -2.41. The number of nitrogens with one attached hydrogen (secondary N) is 1. The Morgan fingerprint density at radius 1 is 1.37 bits per heavy atom. The van der Waals surface area contributed by atoms with Crippen molar-refractivity contribution in [1.82, 2.24) is 5.32 Å². The third-order valence-electron chi connectivity index (χ3n) is 3.65. The highest BCUT2D eigenvalue weighted by atomic mass is 19.2. The van der Waals surface area contributed by atoms with Crippen molar-refractivity contribution in [2.75, 3.05) is 6.54 Å². The Balaban J connectivity index is 2.09. The van der Waals surface area contributed by atoms with Crippen LogP contribution in [0.3, 0.4) is 0 Å². The Labute approximate surface area is 113 Å². The Kier molecular flexibility index (Phi) is 4.88. The molecule has 1 aromatic rings. The molecule has 1 fully saturated rings. The van der Waals surface area contributed by atoms with E-state index in [0.29, 0.717) is 12.0 Å². The largest absolute Gasteiger partial charge is 0.374 e. The fraction of sp³-hybridized carbons (Fsp3) is 0.600. The average Bonchev–Trinajstić information content (AvgIpc) is 2.81. The first-order valence-corrected chi connectivity index (χ1v) is 6.93. The van der Waals surface area contributed by atoms with Gasteiger partial charge in [0.15, 0.2) is 11.6 Å². The van der Waals surface area contributed by atoms with E-state index in [0.717, 1.165) is 25.5 Å². The van der Waals surface area contributed by atoms with Gasteiger partial charge in [0.05, 0.1) is 12.2 Å². The second-order valence-electron chi connectivity index (χ2n) is 5.14.